The molecule has 1 aliphatic rings. The zero-order valence-electron chi connectivity index (χ0n) is 12.4. The number of nitrogens with zero attached hydrogens (tertiary/aromatic N) is 1. The third-order valence-corrected chi connectivity index (χ3v) is 3.51. The summed E-state index contributed by atoms with van der Waals surface area (Å²) in [4.78, 5) is 13.9. The number of urea groups is 1. The minimum atomic E-state index is -0.151. The van der Waals surface area contributed by atoms with Crippen molar-refractivity contribution in [3.8, 4) is 11.8 Å². The van der Waals surface area contributed by atoms with Crippen LogP contribution in [0.4, 0.5) is 4.79 Å². The van der Waals surface area contributed by atoms with Crippen molar-refractivity contribution in [2.75, 3.05) is 32.7 Å². The van der Waals surface area contributed by atoms with Gasteiger partial charge in [-0.25, -0.2) is 4.79 Å². The van der Waals surface area contributed by atoms with Gasteiger partial charge in [-0.2, -0.15) is 0 Å². The Morgan fingerprint density at radius 3 is 2.62 bits per heavy atom. The molecule has 4 nitrogen and oxygen atoms in total. The molecule has 0 unspecified atom stereocenters. The Labute approximate surface area is 126 Å². The first kappa shape index (κ1) is 15.4. The number of amides is 2. The number of nitrogens with one attached hydrogen (secondary N) is 2. The summed E-state index contributed by atoms with van der Waals surface area (Å²) in [5.41, 5.74) is 1.23. The summed E-state index contributed by atoms with van der Waals surface area (Å²) < 4.78 is 0. The fourth-order valence-electron chi connectivity index (χ4n) is 2.32. The molecule has 1 fully saturated rings. The highest BCUT2D eigenvalue weighted by molar-refractivity contribution is 5.74. The molecule has 1 aromatic carbocycles. The average molecular weight is 285 g/mol. The van der Waals surface area contributed by atoms with Gasteiger partial charge in [-0.3, -0.25) is 4.90 Å². The molecule has 2 amide bonds. The second-order valence-corrected chi connectivity index (χ2v) is 5.18. The molecule has 0 atom stereocenters. The van der Waals surface area contributed by atoms with Crippen molar-refractivity contribution in [2.24, 2.45) is 0 Å². The molecule has 0 spiro atoms. The van der Waals surface area contributed by atoms with E-state index in [1.807, 2.05) is 18.2 Å². The molecule has 0 radical (unpaired) electrons. The van der Waals surface area contributed by atoms with E-state index in [0.29, 0.717) is 13.1 Å². The molecule has 0 saturated carbocycles. The highest BCUT2D eigenvalue weighted by Crippen LogP contribution is 2.05. The topological polar surface area (TPSA) is 44.4 Å². The average Bonchev–Trinajstić information content (AvgIpc) is 3.01. The Balaban J connectivity index is 1.52. The first-order valence-electron chi connectivity index (χ1n) is 7.58. The number of hydrogen-bond acceptors (Lipinski definition) is 2. The van der Waals surface area contributed by atoms with E-state index >= 15 is 0 Å². The first-order chi connectivity index (χ1) is 10.3. The van der Waals surface area contributed by atoms with Gasteiger partial charge >= 0.3 is 6.03 Å². The quantitative estimate of drug-likeness (QED) is 0.808. The second kappa shape index (κ2) is 9.04. The fraction of sp³-hybridized carbons (Fsp3) is 0.471. The van der Waals surface area contributed by atoms with E-state index in [0.717, 1.165) is 26.1 Å². The van der Waals surface area contributed by atoms with E-state index in [-0.39, 0.29) is 6.03 Å². The molecule has 21 heavy (non-hydrogen) atoms. The molecular weight excluding hydrogens is 262 g/mol. The normalized spacial score (nSPS) is 14.3. The predicted octanol–water partition coefficient (Wildman–Crippen LogP) is 1.63. The summed E-state index contributed by atoms with van der Waals surface area (Å²) in [5.74, 6) is 6.09. The molecule has 0 aromatic heterocycles. The van der Waals surface area contributed by atoms with Gasteiger partial charge in [-0.05, 0) is 37.9 Å². The number of likely N-dealkylation sites (tertiary alicyclic amines) is 1. The van der Waals surface area contributed by atoms with E-state index in [2.05, 4.69) is 39.5 Å². The molecule has 0 aliphatic carbocycles. The van der Waals surface area contributed by atoms with E-state index in [9.17, 15) is 4.79 Å². The third-order valence-electron chi connectivity index (χ3n) is 3.51. The van der Waals surface area contributed by atoms with Gasteiger partial charge in [-0.1, -0.05) is 42.2 Å². The van der Waals surface area contributed by atoms with Crippen molar-refractivity contribution in [1.29, 1.82) is 0 Å². The number of rotatable bonds is 5. The fourth-order valence-corrected chi connectivity index (χ4v) is 2.32. The van der Waals surface area contributed by atoms with Crippen molar-refractivity contribution < 1.29 is 4.79 Å². The van der Waals surface area contributed by atoms with Gasteiger partial charge in [0.15, 0.2) is 0 Å². The van der Waals surface area contributed by atoms with Crippen LogP contribution in [0.5, 0.6) is 0 Å². The van der Waals surface area contributed by atoms with Crippen LogP contribution >= 0.6 is 0 Å². The van der Waals surface area contributed by atoms with Gasteiger partial charge in [0.1, 0.15) is 0 Å². The molecule has 112 valence electrons. The van der Waals surface area contributed by atoms with Crippen LogP contribution in [0.3, 0.4) is 0 Å². The van der Waals surface area contributed by atoms with Gasteiger partial charge < -0.3 is 10.6 Å². The van der Waals surface area contributed by atoms with Crippen LogP contribution in [-0.2, 0) is 6.42 Å². The number of carbonyl (C=O) groups excluding carboxylic acids is 1. The summed E-state index contributed by atoms with van der Waals surface area (Å²) in [7, 11) is 0. The van der Waals surface area contributed by atoms with E-state index < -0.39 is 0 Å². The minimum Gasteiger partial charge on any atom is -0.338 e. The summed E-state index contributed by atoms with van der Waals surface area (Å²) in [5, 5.41) is 5.59. The molecular formula is C17H23N3O. The standard InChI is InChI=1S/C17H23N3O/c21-17(19-12-10-16-8-2-1-3-9-16)18-11-4-5-13-20-14-6-7-15-20/h1-3,8-9H,6-7,10-15H2,(H2,18,19,21). The summed E-state index contributed by atoms with van der Waals surface area (Å²) in [6.45, 7) is 4.17. The monoisotopic (exact) mass is 285 g/mol. The molecule has 2 rings (SSSR count). The van der Waals surface area contributed by atoms with E-state index in [4.69, 9.17) is 0 Å². The predicted molar refractivity (Wildman–Crippen MR) is 85.0 cm³/mol. The summed E-state index contributed by atoms with van der Waals surface area (Å²) in [6.07, 6.45) is 3.41. The zero-order valence-corrected chi connectivity index (χ0v) is 12.4. The van der Waals surface area contributed by atoms with Gasteiger partial charge in [0.05, 0.1) is 13.1 Å². The minimum absolute atomic E-state index is 0.151. The van der Waals surface area contributed by atoms with Crippen molar-refractivity contribution in [2.45, 2.75) is 19.3 Å². The van der Waals surface area contributed by atoms with E-state index in [1.165, 1.54) is 18.4 Å². The highest BCUT2D eigenvalue weighted by Gasteiger charge is 2.08. The van der Waals surface area contributed by atoms with Crippen LogP contribution in [0, 0.1) is 11.8 Å². The Bertz CT molecular complexity index is 484. The molecule has 4 heteroatoms. The smallest absolute Gasteiger partial charge is 0.315 e. The van der Waals surface area contributed by atoms with Gasteiger partial charge in [0.25, 0.3) is 0 Å². The molecule has 1 saturated heterocycles. The summed E-state index contributed by atoms with van der Waals surface area (Å²) in [6, 6.07) is 9.97. The van der Waals surface area contributed by atoms with Crippen molar-refractivity contribution >= 4 is 6.03 Å². The van der Waals surface area contributed by atoms with Crippen LogP contribution in [0.15, 0.2) is 30.3 Å². The maximum absolute atomic E-state index is 11.6. The molecule has 1 aromatic rings. The Morgan fingerprint density at radius 2 is 1.86 bits per heavy atom. The first-order valence-corrected chi connectivity index (χ1v) is 7.58. The number of hydrogen-bond donors (Lipinski definition) is 2. The van der Waals surface area contributed by atoms with Crippen molar-refractivity contribution in [1.82, 2.24) is 15.5 Å². The number of benzene rings is 1. The van der Waals surface area contributed by atoms with Crippen LogP contribution < -0.4 is 10.6 Å². The van der Waals surface area contributed by atoms with Gasteiger partial charge in [0, 0.05) is 6.54 Å². The highest BCUT2D eigenvalue weighted by atomic mass is 16.2. The lowest BCUT2D eigenvalue weighted by atomic mass is 10.1. The number of carbonyl (C=O) groups is 1. The maximum Gasteiger partial charge on any atom is 0.315 e. The van der Waals surface area contributed by atoms with Gasteiger partial charge in [0.2, 0.25) is 0 Å². The van der Waals surface area contributed by atoms with Gasteiger partial charge in [-0.15, -0.1) is 0 Å². The molecule has 1 heterocycles. The van der Waals surface area contributed by atoms with Crippen LogP contribution in [0.25, 0.3) is 0 Å². The Hall–Kier alpha value is -1.99. The Kier molecular flexibility index (Phi) is 6.63. The third kappa shape index (κ3) is 6.33. The van der Waals surface area contributed by atoms with E-state index in [1.54, 1.807) is 0 Å². The molecule has 2 N–H and O–H groups in total. The zero-order chi connectivity index (χ0) is 14.8. The van der Waals surface area contributed by atoms with Crippen molar-refractivity contribution in [3.63, 3.8) is 0 Å². The van der Waals surface area contributed by atoms with Crippen LogP contribution in [0.1, 0.15) is 18.4 Å². The largest absolute Gasteiger partial charge is 0.338 e. The van der Waals surface area contributed by atoms with Crippen LogP contribution in [-0.4, -0.2) is 43.7 Å². The Morgan fingerprint density at radius 1 is 1.10 bits per heavy atom. The SMILES string of the molecule is O=C(NCC#CCN1CCCC1)NCCc1ccccc1. The van der Waals surface area contributed by atoms with Crippen LogP contribution in [0.2, 0.25) is 0 Å². The summed E-state index contributed by atoms with van der Waals surface area (Å²) >= 11 is 0. The molecule has 1 aliphatic heterocycles. The maximum atomic E-state index is 11.6. The lowest BCUT2D eigenvalue weighted by molar-refractivity contribution is 0.242. The molecule has 0 bridgehead atoms. The lowest BCUT2D eigenvalue weighted by Crippen LogP contribution is -2.36. The lowest BCUT2D eigenvalue weighted by Gasteiger charge is -2.08. The second-order valence-electron chi connectivity index (χ2n) is 5.18. The van der Waals surface area contributed by atoms with Crippen molar-refractivity contribution in [3.05, 3.63) is 35.9 Å².